The number of rotatable bonds is 8. The monoisotopic (exact) mass is 540 g/mol. The second-order valence-electron chi connectivity index (χ2n) is 14.5. The maximum absolute atomic E-state index is 13.0. The molecule has 0 amide bonds. The third-order valence-corrected chi connectivity index (χ3v) is 13.2. The average molecular weight is 541 g/mol. The molecule has 0 N–H and O–H groups in total. The minimum absolute atomic E-state index is 0.207. The van der Waals surface area contributed by atoms with Crippen LogP contribution < -0.4 is 0 Å². The second-order valence-corrected chi connectivity index (χ2v) is 16.1. The van der Waals surface area contributed by atoms with Gasteiger partial charge in [0, 0.05) is 0 Å². The summed E-state index contributed by atoms with van der Waals surface area (Å²) in [7, 11) is -3.73. The summed E-state index contributed by atoms with van der Waals surface area (Å²) in [6.07, 6.45) is 15.8. The van der Waals surface area contributed by atoms with Gasteiger partial charge in [0.05, 0.1) is 11.0 Å². The number of benzene rings is 1. The average Bonchev–Trinajstić information content (AvgIpc) is 3.21. The van der Waals surface area contributed by atoms with E-state index in [4.69, 9.17) is 4.18 Å². The van der Waals surface area contributed by atoms with Crippen molar-refractivity contribution >= 4 is 10.1 Å². The Morgan fingerprint density at radius 1 is 0.947 bits per heavy atom. The van der Waals surface area contributed by atoms with Crippen LogP contribution in [0.3, 0.4) is 0 Å². The molecule has 3 nitrogen and oxygen atoms in total. The summed E-state index contributed by atoms with van der Waals surface area (Å²) >= 11 is 0. The van der Waals surface area contributed by atoms with Crippen LogP contribution >= 0.6 is 0 Å². The van der Waals surface area contributed by atoms with Gasteiger partial charge in [0.25, 0.3) is 10.1 Å². The number of hydrogen-bond acceptors (Lipinski definition) is 3. The van der Waals surface area contributed by atoms with Crippen molar-refractivity contribution in [2.45, 2.75) is 123 Å². The molecule has 38 heavy (non-hydrogen) atoms. The summed E-state index contributed by atoms with van der Waals surface area (Å²) in [6, 6.07) is 7.02. The lowest BCUT2D eigenvalue weighted by atomic mass is 9.47. The minimum atomic E-state index is -3.73. The Kier molecular flexibility index (Phi) is 7.99. The standard InChI is InChI=1S/C34H52O3S/c1-23(2)8-7-9-25(4)30-16-17-31-29-15-12-26-22-27(37-38(35,36)28-13-10-24(3)11-14-28)18-20-33(26,5)32(29)19-21-34(30,31)6/h10-14,23,25,27,29-32H,7-9,15-22H2,1-6H3/t25-,27+,29+,30-,31?,32?,33+,34-/m1/s1. The third-order valence-electron chi connectivity index (χ3n) is 11.8. The van der Waals surface area contributed by atoms with Crippen molar-refractivity contribution in [1.82, 2.24) is 0 Å². The summed E-state index contributed by atoms with van der Waals surface area (Å²) in [5, 5.41) is 0. The molecule has 5 rings (SSSR count). The van der Waals surface area contributed by atoms with Gasteiger partial charge in [-0.2, -0.15) is 8.42 Å². The van der Waals surface area contributed by atoms with Crippen LogP contribution in [0, 0.1) is 53.3 Å². The maximum atomic E-state index is 13.0. The largest absolute Gasteiger partial charge is 0.297 e. The van der Waals surface area contributed by atoms with Crippen molar-refractivity contribution in [3.05, 3.63) is 41.5 Å². The lowest BCUT2D eigenvalue weighted by Crippen LogP contribution is -2.51. The topological polar surface area (TPSA) is 43.4 Å². The Hall–Kier alpha value is -1.13. The van der Waals surface area contributed by atoms with E-state index in [0.29, 0.717) is 5.41 Å². The minimum Gasteiger partial charge on any atom is -0.263 e. The van der Waals surface area contributed by atoms with E-state index in [0.717, 1.165) is 60.3 Å². The molecule has 212 valence electrons. The highest BCUT2D eigenvalue weighted by atomic mass is 32.2. The first-order chi connectivity index (χ1) is 17.9. The highest BCUT2D eigenvalue weighted by Gasteiger charge is 2.59. The van der Waals surface area contributed by atoms with Gasteiger partial charge in [-0.25, -0.2) is 0 Å². The second kappa shape index (κ2) is 10.7. The molecule has 0 aromatic heterocycles. The zero-order valence-electron chi connectivity index (χ0n) is 24.8. The molecule has 4 aliphatic rings. The predicted octanol–water partition coefficient (Wildman–Crippen LogP) is 9.11. The molecular formula is C34H52O3S. The van der Waals surface area contributed by atoms with Crippen LogP contribution in [0.2, 0.25) is 0 Å². The Morgan fingerprint density at radius 3 is 2.39 bits per heavy atom. The molecule has 0 spiro atoms. The SMILES string of the molecule is Cc1ccc(S(=O)(=O)O[C@H]2CC[C@@]3(C)C(=CC[C@@H]4C3CC[C@@]3(C)C4CC[C@@H]3[C@H](C)CCCC(C)C)C2)cc1. The van der Waals surface area contributed by atoms with Gasteiger partial charge in [0.2, 0.25) is 0 Å². The van der Waals surface area contributed by atoms with Crippen molar-refractivity contribution in [2.75, 3.05) is 0 Å². The maximum Gasteiger partial charge on any atom is 0.297 e. The lowest BCUT2D eigenvalue weighted by molar-refractivity contribution is -0.0556. The third kappa shape index (κ3) is 5.18. The summed E-state index contributed by atoms with van der Waals surface area (Å²) in [5.41, 5.74) is 3.24. The van der Waals surface area contributed by atoms with Gasteiger partial charge in [-0.1, -0.05) is 83.2 Å². The molecule has 0 radical (unpaired) electrons. The fraction of sp³-hybridized carbons (Fsp3) is 0.765. The van der Waals surface area contributed by atoms with E-state index in [1.807, 2.05) is 19.1 Å². The normalized spacial score (nSPS) is 37.8. The van der Waals surface area contributed by atoms with Gasteiger partial charge in [-0.15, -0.1) is 0 Å². The smallest absolute Gasteiger partial charge is 0.263 e. The van der Waals surface area contributed by atoms with E-state index in [1.54, 1.807) is 12.1 Å². The molecule has 0 bridgehead atoms. The van der Waals surface area contributed by atoms with Gasteiger partial charge in [-0.3, -0.25) is 4.18 Å². The van der Waals surface area contributed by atoms with Crippen molar-refractivity contribution in [2.24, 2.45) is 46.3 Å². The molecule has 0 aliphatic heterocycles. The van der Waals surface area contributed by atoms with Gasteiger partial charge in [0.1, 0.15) is 0 Å². The van der Waals surface area contributed by atoms with E-state index in [9.17, 15) is 8.42 Å². The van der Waals surface area contributed by atoms with Gasteiger partial charge in [0.15, 0.2) is 0 Å². The number of allylic oxidation sites excluding steroid dienone is 1. The molecule has 1 aromatic rings. The van der Waals surface area contributed by atoms with Crippen LogP contribution in [0.1, 0.15) is 111 Å². The van der Waals surface area contributed by atoms with Crippen LogP contribution in [0.5, 0.6) is 0 Å². The molecule has 3 fully saturated rings. The number of hydrogen-bond donors (Lipinski definition) is 0. The Bertz CT molecular complexity index is 1120. The van der Waals surface area contributed by atoms with Gasteiger partial charge >= 0.3 is 0 Å². The Balaban J connectivity index is 1.27. The fourth-order valence-corrected chi connectivity index (χ4v) is 10.8. The van der Waals surface area contributed by atoms with Crippen LogP contribution in [-0.4, -0.2) is 14.5 Å². The van der Waals surface area contributed by atoms with Crippen molar-refractivity contribution < 1.29 is 12.6 Å². The molecule has 0 saturated heterocycles. The van der Waals surface area contributed by atoms with Crippen molar-refractivity contribution in [1.29, 1.82) is 0 Å². The quantitative estimate of drug-likeness (QED) is 0.244. The van der Waals surface area contributed by atoms with Gasteiger partial charge in [-0.05, 0) is 117 Å². The summed E-state index contributed by atoms with van der Waals surface area (Å²) < 4.78 is 31.8. The molecular weight excluding hydrogens is 488 g/mol. The summed E-state index contributed by atoms with van der Waals surface area (Å²) in [4.78, 5) is 0.273. The summed E-state index contributed by atoms with van der Waals surface area (Å²) in [5.74, 6) is 4.93. The van der Waals surface area contributed by atoms with E-state index < -0.39 is 10.1 Å². The first-order valence-electron chi connectivity index (χ1n) is 15.6. The first kappa shape index (κ1) is 28.4. The Morgan fingerprint density at radius 2 is 1.68 bits per heavy atom. The van der Waals surface area contributed by atoms with E-state index in [1.165, 1.54) is 56.9 Å². The number of fused-ring (bicyclic) bond motifs is 5. The zero-order valence-corrected chi connectivity index (χ0v) is 25.7. The zero-order chi connectivity index (χ0) is 27.3. The van der Waals surface area contributed by atoms with Gasteiger partial charge < -0.3 is 0 Å². The lowest BCUT2D eigenvalue weighted by Gasteiger charge is -2.58. The van der Waals surface area contributed by atoms with E-state index >= 15 is 0 Å². The van der Waals surface area contributed by atoms with Crippen molar-refractivity contribution in [3.63, 3.8) is 0 Å². The fourth-order valence-electron chi connectivity index (χ4n) is 9.67. The molecule has 1 aromatic carbocycles. The van der Waals surface area contributed by atoms with Crippen LogP contribution in [0.15, 0.2) is 40.8 Å². The molecule has 4 aliphatic carbocycles. The first-order valence-corrected chi connectivity index (χ1v) is 17.0. The van der Waals surface area contributed by atoms with Crippen LogP contribution in [0.25, 0.3) is 0 Å². The van der Waals surface area contributed by atoms with Crippen LogP contribution in [-0.2, 0) is 14.3 Å². The molecule has 3 saturated carbocycles. The number of aryl methyl sites for hydroxylation is 1. The van der Waals surface area contributed by atoms with Crippen LogP contribution in [0.4, 0.5) is 0 Å². The molecule has 4 heteroatoms. The highest BCUT2D eigenvalue weighted by molar-refractivity contribution is 7.86. The molecule has 2 unspecified atom stereocenters. The predicted molar refractivity (Wildman–Crippen MR) is 156 cm³/mol. The van der Waals surface area contributed by atoms with Crippen molar-refractivity contribution in [3.8, 4) is 0 Å². The van der Waals surface area contributed by atoms with E-state index in [-0.39, 0.29) is 16.4 Å². The molecule has 0 heterocycles. The highest BCUT2D eigenvalue weighted by Crippen LogP contribution is 2.67. The summed E-state index contributed by atoms with van der Waals surface area (Å²) in [6.45, 7) is 14.4. The Labute approximate surface area is 233 Å². The van der Waals surface area contributed by atoms with E-state index in [2.05, 4.69) is 40.7 Å². The molecule has 8 atom stereocenters.